The Bertz CT molecular complexity index is 932. The SMILES string of the molecule is CN1CC(=O)N(c2ccsc2)C[C@@]12CCN(C(=O)c1ccc3c(c1)OCO3)C2. The third-order valence-corrected chi connectivity index (χ3v) is 6.66. The van der Waals surface area contributed by atoms with Crippen LogP contribution in [0.1, 0.15) is 16.8 Å². The fraction of sp³-hybridized carbons (Fsp3) is 0.400. The Balaban J connectivity index is 1.36. The minimum atomic E-state index is -0.220. The third-order valence-electron chi connectivity index (χ3n) is 5.99. The second-order valence-corrected chi connectivity index (χ2v) is 8.37. The molecule has 3 aliphatic rings. The van der Waals surface area contributed by atoms with E-state index < -0.39 is 0 Å². The summed E-state index contributed by atoms with van der Waals surface area (Å²) in [6.07, 6.45) is 0.841. The van der Waals surface area contributed by atoms with Gasteiger partial charge in [0.25, 0.3) is 5.91 Å². The Morgan fingerprint density at radius 3 is 2.86 bits per heavy atom. The summed E-state index contributed by atoms with van der Waals surface area (Å²) in [5.74, 6) is 1.38. The van der Waals surface area contributed by atoms with Crippen molar-refractivity contribution in [1.29, 1.82) is 0 Å². The number of likely N-dealkylation sites (N-methyl/N-ethyl adjacent to an activating group) is 1. The number of fused-ring (bicyclic) bond motifs is 1. The maximum absolute atomic E-state index is 13.1. The van der Waals surface area contributed by atoms with Crippen LogP contribution in [-0.2, 0) is 4.79 Å². The molecule has 1 atom stereocenters. The van der Waals surface area contributed by atoms with Gasteiger partial charge in [0.1, 0.15) is 0 Å². The Labute approximate surface area is 167 Å². The van der Waals surface area contributed by atoms with E-state index in [1.54, 1.807) is 29.5 Å². The molecule has 0 N–H and O–H groups in total. The van der Waals surface area contributed by atoms with Crippen LogP contribution in [0.4, 0.5) is 5.69 Å². The van der Waals surface area contributed by atoms with Gasteiger partial charge >= 0.3 is 0 Å². The van der Waals surface area contributed by atoms with E-state index >= 15 is 0 Å². The summed E-state index contributed by atoms with van der Waals surface area (Å²) >= 11 is 1.59. The average Bonchev–Trinajstić information content (AvgIpc) is 3.45. The Hall–Kier alpha value is -2.58. The Kier molecular flexibility index (Phi) is 4.06. The van der Waals surface area contributed by atoms with Gasteiger partial charge in [-0.2, -0.15) is 11.3 Å². The first kappa shape index (κ1) is 17.5. The van der Waals surface area contributed by atoms with Crippen molar-refractivity contribution in [3.05, 3.63) is 40.6 Å². The number of amides is 2. The van der Waals surface area contributed by atoms with E-state index in [0.29, 0.717) is 43.2 Å². The largest absolute Gasteiger partial charge is 0.454 e. The van der Waals surface area contributed by atoms with Crippen molar-refractivity contribution in [3.8, 4) is 11.5 Å². The predicted octanol–water partition coefficient (Wildman–Crippen LogP) is 2.04. The number of piperazine rings is 1. The number of nitrogens with zero attached hydrogens (tertiary/aromatic N) is 3. The maximum Gasteiger partial charge on any atom is 0.254 e. The van der Waals surface area contributed by atoms with Crippen LogP contribution in [-0.4, -0.2) is 67.2 Å². The van der Waals surface area contributed by atoms with Crippen LogP contribution in [0.2, 0.25) is 0 Å². The fourth-order valence-corrected chi connectivity index (χ4v) is 4.93. The molecule has 2 aromatic rings. The molecule has 1 aromatic carbocycles. The lowest BCUT2D eigenvalue weighted by molar-refractivity contribution is -0.123. The van der Waals surface area contributed by atoms with E-state index in [4.69, 9.17) is 9.47 Å². The Morgan fingerprint density at radius 1 is 1.18 bits per heavy atom. The Morgan fingerprint density at radius 2 is 2.04 bits per heavy atom. The van der Waals surface area contributed by atoms with Gasteiger partial charge in [-0.3, -0.25) is 14.5 Å². The van der Waals surface area contributed by atoms with E-state index in [0.717, 1.165) is 12.1 Å². The molecule has 0 bridgehead atoms. The van der Waals surface area contributed by atoms with Crippen molar-refractivity contribution in [3.63, 3.8) is 0 Å². The van der Waals surface area contributed by atoms with E-state index in [2.05, 4.69) is 4.90 Å². The standard InChI is InChI=1S/C20H21N3O4S/c1-21-9-18(24)23(15-4-7-28-10-15)12-20(21)5-6-22(11-20)19(25)14-2-3-16-17(8-14)27-13-26-16/h2-4,7-8,10H,5-6,9,11-13H2,1H3/t20-/m0/s1. The van der Waals surface area contributed by atoms with Crippen molar-refractivity contribution in [2.75, 3.05) is 44.9 Å². The van der Waals surface area contributed by atoms with Crippen molar-refractivity contribution in [2.24, 2.45) is 0 Å². The monoisotopic (exact) mass is 399 g/mol. The number of rotatable bonds is 2. The van der Waals surface area contributed by atoms with Gasteiger partial charge in [0.05, 0.1) is 17.8 Å². The summed E-state index contributed by atoms with van der Waals surface area (Å²) in [6, 6.07) is 7.30. The van der Waals surface area contributed by atoms with E-state index in [-0.39, 0.29) is 24.1 Å². The molecule has 8 heteroatoms. The maximum atomic E-state index is 13.1. The highest BCUT2D eigenvalue weighted by molar-refractivity contribution is 7.08. The van der Waals surface area contributed by atoms with Crippen molar-refractivity contribution >= 4 is 28.8 Å². The second-order valence-electron chi connectivity index (χ2n) is 7.59. The highest BCUT2D eigenvalue weighted by atomic mass is 32.1. The molecule has 146 valence electrons. The van der Waals surface area contributed by atoms with Crippen LogP contribution in [0.15, 0.2) is 35.0 Å². The van der Waals surface area contributed by atoms with Crippen LogP contribution in [0.25, 0.3) is 0 Å². The molecule has 5 rings (SSSR count). The molecule has 0 saturated carbocycles. The molecule has 2 saturated heterocycles. The number of ether oxygens (including phenoxy) is 2. The van der Waals surface area contributed by atoms with Crippen LogP contribution < -0.4 is 14.4 Å². The number of hydrogen-bond donors (Lipinski definition) is 0. The van der Waals surface area contributed by atoms with Crippen LogP contribution in [0.5, 0.6) is 11.5 Å². The first-order valence-electron chi connectivity index (χ1n) is 9.28. The highest BCUT2D eigenvalue weighted by Gasteiger charge is 2.48. The lowest BCUT2D eigenvalue weighted by atomic mass is 9.93. The molecule has 2 fully saturated rings. The molecule has 3 aliphatic heterocycles. The number of hydrogen-bond acceptors (Lipinski definition) is 6. The second kappa shape index (κ2) is 6.49. The normalized spacial score (nSPS) is 24.4. The zero-order valence-corrected chi connectivity index (χ0v) is 16.4. The van der Waals surface area contributed by atoms with Gasteiger partial charge in [-0.15, -0.1) is 0 Å². The lowest BCUT2D eigenvalue weighted by Gasteiger charge is -2.46. The summed E-state index contributed by atoms with van der Waals surface area (Å²) in [5.41, 5.74) is 1.33. The highest BCUT2D eigenvalue weighted by Crippen LogP contribution is 2.36. The van der Waals surface area contributed by atoms with Gasteiger partial charge in [0.15, 0.2) is 11.5 Å². The van der Waals surface area contributed by atoms with Crippen LogP contribution >= 0.6 is 11.3 Å². The fourth-order valence-electron chi connectivity index (χ4n) is 4.29. The summed E-state index contributed by atoms with van der Waals surface area (Å²) in [5, 5.41) is 3.99. The van der Waals surface area contributed by atoms with Gasteiger partial charge in [0.2, 0.25) is 12.7 Å². The topological polar surface area (TPSA) is 62.3 Å². The zero-order chi connectivity index (χ0) is 19.3. The molecule has 28 heavy (non-hydrogen) atoms. The minimum Gasteiger partial charge on any atom is -0.454 e. The number of carbonyl (C=O) groups excluding carboxylic acids is 2. The number of carbonyl (C=O) groups is 2. The van der Waals surface area contributed by atoms with E-state index in [1.165, 1.54) is 0 Å². The number of thiophene rings is 1. The van der Waals surface area contributed by atoms with Gasteiger partial charge in [0, 0.05) is 30.6 Å². The molecule has 1 spiro atoms. The summed E-state index contributed by atoms with van der Waals surface area (Å²) in [4.78, 5) is 31.5. The zero-order valence-electron chi connectivity index (χ0n) is 15.6. The lowest BCUT2D eigenvalue weighted by Crippen LogP contribution is -2.64. The van der Waals surface area contributed by atoms with Crippen LogP contribution in [0, 0.1) is 0 Å². The van der Waals surface area contributed by atoms with Gasteiger partial charge in [-0.25, -0.2) is 0 Å². The van der Waals surface area contributed by atoms with Crippen molar-refractivity contribution in [1.82, 2.24) is 9.80 Å². The third kappa shape index (κ3) is 2.75. The van der Waals surface area contributed by atoms with Gasteiger partial charge in [-0.1, -0.05) is 0 Å². The van der Waals surface area contributed by atoms with E-state index in [1.807, 2.05) is 33.7 Å². The first-order chi connectivity index (χ1) is 13.6. The summed E-state index contributed by atoms with van der Waals surface area (Å²) < 4.78 is 10.7. The van der Waals surface area contributed by atoms with E-state index in [9.17, 15) is 9.59 Å². The molecule has 0 radical (unpaired) electrons. The predicted molar refractivity (Wildman–Crippen MR) is 105 cm³/mol. The smallest absolute Gasteiger partial charge is 0.254 e. The molecule has 0 unspecified atom stereocenters. The number of likely N-dealkylation sites (tertiary alicyclic amines) is 1. The average molecular weight is 399 g/mol. The first-order valence-corrected chi connectivity index (χ1v) is 10.2. The minimum absolute atomic E-state index is 0.0115. The van der Waals surface area contributed by atoms with Crippen molar-refractivity contribution < 1.29 is 19.1 Å². The molecule has 4 heterocycles. The number of benzene rings is 1. The molecular weight excluding hydrogens is 378 g/mol. The summed E-state index contributed by atoms with van der Waals surface area (Å²) in [6.45, 7) is 2.43. The summed E-state index contributed by atoms with van der Waals surface area (Å²) in [7, 11) is 1.98. The van der Waals surface area contributed by atoms with Crippen LogP contribution in [0.3, 0.4) is 0 Å². The van der Waals surface area contributed by atoms with Gasteiger partial charge in [-0.05, 0) is 43.1 Å². The van der Waals surface area contributed by atoms with Crippen molar-refractivity contribution in [2.45, 2.75) is 12.0 Å². The molecule has 2 amide bonds. The molecule has 0 aliphatic carbocycles. The quantitative estimate of drug-likeness (QED) is 0.773. The molecular formula is C20H21N3O4S. The molecule has 7 nitrogen and oxygen atoms in total. The van der Waals surface area contributed by atoms with Gasteiger partial charge < -0.3 is 19.3 Å². The molecule has 1 aromatic heterocycles. The number of anilines is 1.